The minimum absolute atomic E-state index is 0.146. The van der Waals surface area contributed by atoms with Crippen LogP contribution < -0.4 is 10.9 Å². The molecule has 16 heavy (non-hydrogen) atoms. The zero-order valence-corrected chi connectivity index (χ0v) is 10.0. The van der Waals surface area contributed by atoms with Crippen LogP contribution in [0.2, 0.25) is 0 Å². The minimum Gasteiger partial charge on any atom is -0.325 e. The van der Waals surface area contributed by atoms with E-state index in [0.717, 1.165) is 49.4 Å². The van der Waals surface area contributed by atoms with E-state index in [2.05, 4.69) is 16.4 Å². The number of aromatic amines is 1. The Bertz CT molecular complexity index is 449. The molecule has 3 rings (SSSR count). The summed E-state index contributed by atoms with van der Waals surface area (Å²) in [6.45, 7) is 2.07. The lowest BCUT2D eigenvalue weighted by atomic mass is 9.91. The second-order valence-corrected chi connectivity index (χ2v) is 5.66. The third-order valence-corrected chi connectivity index (χ3v) is 4.58. The van der Waals surface area contributed by atoms with Gasteiger partial charge < -0.3 is 10.3 Å². The van der Waals surface area contributed by atoms with Crippen LogP contribution in [0.3, 0.4) is 0 Å². The van der Waals surface area contributed by atoms with Crippen molar-refractivity contribution in [3.63, 3.8) is 0 Å². The number of hydrogen-bond acceptors (Lipinski definition) is 3. The number of piperidine rings is 1. The molecule has 0 bridgehead atoms. The predicted molar refractivity (Wildman–Crippen MR) is 66.3 cm³/mol. The Morgan fingerprint density at radius 1 is 1.31 bits per heavy atom. The van der Waals surface area contributed by atoms with E-state index < -0.39 is 0 Å². The summed E-state index contributed by atoms with van der Waals surface area (Å²) in [4.78, 5) is 16.3. The molecule has 0 aromatic carbocycles. The van der Waals surface area contributed by atoms with Crippen molar-refractivity contribution in [2.45, 2.75) is 30.1 Å². The SMILES string of the molecule is O=c1[nH]c2c(cc1C1CCNCC1)SCC2. The highest BCUT2D eigenvalue weighted by Gasteiger charge is 2.21. The van der Waals surface area contributed by atoms with Gasteiger partial charge in [0.25, 0.3) is 5.56 Å². The van der Waals surface area contributed by atoms with Crippen LogP contribution in [0.1, 0.15) is 30.0 Å². The number of pyridine rings is 1. The number of hydrogen-bond donors (Lipinski definition) is 2. The van der Waals surface area contributed by atoms with Crippen molar-refractivity contribution in [2.75, 3.05) is 18.8 Å². The maximum atomic E-state index is 12.0. The van der Waals surface area contributed by atoms with E-state index >= 15 is 0 Å². The van der Waals surface area contributed by atoms with Crippen LogP contribution in [0.4, 0.5) is 0 Å². The van der Waals surface area contributed by atoms with Crippen molar-refractivity contribution < 1.29 is 0 Å². The minimum atomic E-state index is 0.146. The standard InChI is InChI=1S/C12H16N2OS/c15-12-9(8-1-4-13-5-2-8)7-11-10(14-12)3-6-16-11/h7-8,13H,1-6H2,(H,14,15). The summed E-state index contributed by atoms with van der Waals surface area (Å²) < 4.78 is 0. The van der Waals surface area contributed by atoms with Crippen molar-refractivity contribution in [3.8, 4) is 0 Å². The summed E-state index contributed by atoms with van der Waals surface area (Å²) >= 11 is 1.87. The van der Waals surface area contributed by atoms with Crippen molar-refractivity contribution in [1.82, 2.24) is 10.3 Å². The molecule has 0 saturated carbocycles. The molecule has 0 aliphatic carbocycles. The predicted octanol–water partition coefficient (Wildman–Crippen LogP) is 1.49. The molecule has 3 nitrogen and oxygen atoms in total. The molecule has 1 aromatic heterocycles. The van der Waals surface area contributed by atoms with Gasteiger partial charge in [-0.25, -0.2) is 0 Å². The fourth-order valence-electron chi connectivity index (χ4n) is 2.58. The molecule has 0 atom stereocenters. The summed E-state index contributed by atoms with van der Waals surface area (Å²) in [5, 5.41) is 3.34. The molecule has 2 N–H and O–H groups in total. The first-order valence-corrected chi connectivity index (χ1v) is 6.93. The van der Waals surface area contributed by atoms with Gasteiger partial charge in [-0.2, -0.15) is 0 Å². The first kappa shape index (κ1) is 10.4. The summed E-state index contributed by atoms with van der Waals surface area (Å²) in [7, 11) is 0. The van der Waals surface area contributed by atoms with Crippen molar-refractivity contribution in [1.29, 1.82) is 0 Å². The van der Waals surface area contributed by atoms with Gasteiger partial charge in [-0.1, -0.05) is 0 Å². The number of aryl methyl sites for hydroxylation is 1. The van der Waals surface area contributed by atoms with E-state index in [0.29, 0.717) is 5.92 Å². The van der Waals surface area contributed by atoms with E-state index in [9.17, 15) is 4.79 Å². The number of fused-ring (bicyclic) bond motifs is 1. The zero-order chi connectivity index (χ0) is 11.0. The van der Waals surface area contributed by atoms with Crippen molar-refractivity contribution >= 4 is 11.8 Å². The average molecular weight is 236 g/mol. The van der Waals surface area contributed by atoms with Gasteiger partial charge in [0.15, 0.2) is 0 Å². The van der Waals surface area contributed by atoms with Crippen molar-refractivity contribution in [3.05, 3.63) is 27.7 Å². The first-order chi connectivity index (χ1) is 7.84. The molecule has 2 aliphatic heterocycles. The molecule has 1 aromatic rings. The lowest BCUT2D eigenvalue weighted by molar-refractivity contribution is 0.457. The fraction of sp³-hybridized carbons (Fsp3) is 0.583. The average Bonchev–Trinajstić information content (AvgIpc) is 2.76. The van der Waals surface area contributed by atoms with Crippen molar-refractivity contribution in [2.24, 2.45) is 0 Å². The van der Waals surface area contributed by atoms with E-state index in [1.807, 2.05) is 11.8 Å². The van der Waals surface area contributed by atoms with Gasteiger partial charge in [-0.05, 0) is 44.3 Å². The molecular formula is C12H16N2OS. The van der Waals surface area contributed by atoms with Crippen LogP contribution in [-0.4, -0.2) is 23.8 Å². The Labute approximate surface area is 99.0 Å². The Kier molecular flexibility index (Phi) is 2.77. The van der Waals surface area contributed by atoms with Gasteiger partial charge in [0.05, 0.1) is 0 Å². The smallest absolute Gasteiger partial charge is 0.251 e. The number of H-pyrrole nitrogens is 1. The van der Waals surface area contributed by atoms with E-state index in [-0.39, 0.29) is 5.56 Å². The van der Waals surface area contributed by atoms with E-state index in [4.69, 9.17) is 0 Å². The van der Waals surface area contributed by atoms with E-state index in [1.54, 1.807) is 0 Å². The molecule has 0 radical (unpaired) electrons. The molecule has 3 heterocycles. The third-order valence-electron chi connectivity index (χ3n) is 3.50. The number of rotatable bonds is 1. The van der Waals surface area contributed by atoms with Crippen LogP contribution in [0.25, 0.3) is 0 Å². The molecule has 1 saturated heterocycles. The highest BCUT2D eigenvalue weighted by atomic mass is 32.2. The maximum Gasteiger partial charge on any atom is 0.251 e. The topological polar surface area (TPSA) is 44.9 Å². The quantitative estimate of drug-likeness (QED) is 0.776. The van der Waals surface area contributed by atoms with Crippen LogP contribution >= 0.6 is 11.8 Å². The first-order valence-electron chi connectivity index (χ1n) is 5.94. The normalized spacial score (nSPS) is 21.0. The third kappa shape index (κ3) is 1.80. The Hall–Kier alpha value is -0.740. The van der Waals surface area contributed by atoms with Gasteiger partial charge in [0, 0.05) is 21.9 Å². The monoisotopic (exact) mass is 236 g/mol. The second kappa shape index (κ2) is 4.26. The molecule has 1 fully saturated rings. The lowest BCUT2D eigenvalue weighted by Crippen LogP contribution is -2.29. The molecule has 2 aliphatic rings. The molecule has 0 spiro atoms. The molecular weight excluding hydrogens is 220 g/mol. The fourth-order valence-corrected chi connectivity index (χ4v) is 3.64. The maximum absolute atomic E-state index is 12.0. The van der Waals surface area contributed by atoms with Crippen LogP contribution in [-0.2, 0) is 6.42 Å². The highest BCUT2D eigenvalue weighted by molar-refractivity contribution is 7.99. The largest absolute Gasteiger partial charge is 0.325 e. The highest BCUT2D eigenvalue weighted by Crippen LogP contribution is 2.32. The lowest BCUT2D eigenvalue weighted by Gasteiger charge is -2.22. The zero-order valence-electron chi connectivity index (χ0n) is 9.21. The van der Waals surface area contributed by atoms with Crippen LogP contribution in [0, 0.1) is 0 Å². The van der Waals surface area contributed by atoms with Crippen LogP contribution in [0.15, 0.2) is 15.8 Å². The van der Waals surface area contributed by atoms with Gasteiger partial charge in [-0.3, -0.25) is 4.79 Å². The molecule has 0 unspecified atom stereocenters. The van der Waals surface area contributed by atoms with Crippen LogP contribution in [0.5, 0.6) is 0 Å². The van der Waals surface area contributed by atoms with E-state index in [1.165, 1.54) is 4.90 Å². The number of aromatic nitrogens is 1. The number of thioether (sulfide) groups is 1. The van der Waals surface area contributed by atoms with Gasteiger partial charge in [0.1, 0.15) is 0 Å². The molecule has 86 valence electrons. The summed E-state index contributed by atoms with van der Waals surface area (Å²) in [6, 6.07) is 2.14. The second-order valence-electron chi connectivity index (χ2n) is 4.52. The Balaban J connectivity index is 1.97. The molecule has 4 heteroatoms. The summed E-state index contributed by atoms with van der Waals surface area (Å²) in [5.74, 6) is 1.57. The number of nitrogens with one attached hydrogen (secondary N) is 2. The Morgan fingerprint density at radius 3 is 2.94 bits per heavy atom. The summed E-state index contributed by atoms with van der Waals surface area (Å²) in [5.41, 5.74) is 2.30. The molecule has 0 amide bonds. The van der Waals surface area contributed by atoms with Gasteiger partial charge in [-0.15, -0.1) is 11.8 Å². The van der Waals surface area contributed by atoms with Gasteiger partial charge in [0.2, 0.25) is 0 Å². The summed E-state index contributed by atoms with van der Waals surface area (Å²) in [6.07, 6.45) is 3.20. The Morgan fingerprint density at radius 2 is 2.12 bits per heavy atom. The van der Waals surface area contributed by atoms with Gasteiger partial charge >= 0.3 is 0 Å².